The van der Waals surface area contributed by atoms with Gasteiger partial charge in [-0.15, -0.1) is 0 Å². The molecule has 0 N–H and O–H groups in total. The quantitative estimate of drug-likeness (QED) is 0.453. The highest BCUT2D eigenvalue weighted by molar-refractivity contribution is 6.33. The summed E-state index contributed by atoms with van der Waals surface area (Å²) >= 11 is 0. The molecule has 0 rings (SSSR count). The van der Waals surface area contributed by atoms with Crippen molar-refractivity contribution in [3.05, 3.63) is 0 Å². The molecule has 0 aliphatic heterocycles. The van der Waals surface area contributed by atoms with Crippen molar-refractivity contribution >= 4 is 7.54 Å². The van der Waals surface area contributed by atoms with Gasteiger partial charge in [-0.25, -0.2) is 0 Å². The van der Waals surface area contributed by atoms with E-state index < -0.39 is 7.54 Å². The van der Waals surface area contributed by atoms with E-state index in [4.69, 9.17) is 0 Å². The first-order chi connectivity index (χ1) is 5.08. The van der Waals surface area contributed by atoms with Gasteiger partial charge in [-0.3, -0.25) is 12.9 Å². The second-order valence-corrected chi connectivity index (χ2v) is 1.73. The third kappa shape index (κ3) is 17.7. The average molecular weight is 171 g/mol. The number of rotatable bonds is 3. The van der Waals surface area contributed by atoms with Gasteiger partial charge >= 0.3 is 7.54 Å². The van der Waals surface area contributed by atoms with Crippen LogP contribution in [0.4, 0.5) is 12.9 Å². The summed E-state index contributed by atoms with van der Waals surface area (Å²) in [5, 5.41) is 0. The van der Waals surface area contributed by atoms with Gasteiger partial charge in [0.2, 0.25) is 0 Å². The molecule has 68 valence electrons. The lowest BCUT2D eigenvalue weighted by molar-refractivity contribution is -0.119. The van der Waals surface area contributed by atoms with Gasteiger partial charge in [-0.2, -0.15) is 0 Å². The molecule has 0 saturated heterocycles. The van der Waals surface area contributed by atoms with Crippen molar-refractivity contribution in [1.29, 1.82) is 0 Å². The minimum Gasteiger partial charge on any atom is -0.422 e. The van der Waals surface area contributed by atoms with Crippen LogP contribution in [0.3, 0.4) is 0 Å². The summed E-state index contributed by atoms with van der Waals surface area (Å²) in [5.41, 5.74) is 0. The largest absolute Gasteiger partial charge is 0.762 e. The van der Waals surface area contributed by atoms with Gasteiger partial charge in [0.15, 0.2) is 0 Å². The highest BCUT2D eigenvalue weighted by Gasteiger charge is 2.06. The second-order valence-electron chi connectivity index (χ2n) is 1.73. The minimum absolute atomic E-state index is 1.10. The summed E-state index contributed by atoms with van der Waals surface area (Å²) in [7, 11) is -3.67. The Hall–Kier alpha value is -0.185. The fourth-order valence-electron chi connectivity index (χ4n) is 0.612. The summed E-state index contributed by atoms with van der Waals surface area (Å²) in [6.07, 6.45) is 0. The highest BCUT2D eigenvalue weighted by Crippen LogP contribution is 1.90. The van der Waals surface area contributed by atoms with Crippen molar-refractivity contribution in [1.82, 2.24) is 0 Å². The van der Waals surface area contributed by atoms with Crippen molar-refractivity contribution in [3.63, 3.8) is 0 Å². The Morgan fingerprint density at radius 3 is 1.09 bits per heavy atom. The summed E-state index contributed by atoms with van der Waals surface area (Å²) in [4.78, 5) is 0. The van der Waals surface area contributed by atoms with E-state index in [1.165, 1.54) is 0 Å². The van der Waals surface area contributed by atoms with E-state index in [0.717, 1.165) is 19.8 Å². The zero-order valence-corrected chi connectivity index (χ0v) is 7.24. The number of halogens is 3. The van der Waals surface area contributed by atoms with Gasteiger partial charge in [0, 0.05) is 20.8 Å². The molecule has 5 heteroatoms. The lowest BCUT2D eigenvalue weighted by Gasteiger charge is -2.11. The van der Waals surface area contributed by atoms with E-state index in [1.807, 2.05) is 0 Å². The van der Waals surface area contributed by atoms with Crippen LogP contribution >= 0.6 is 0 Å². The molecule has 11 heavy (non-hydrogen) atoms. The lowest BCUT2D eigenvalue weighted by atomic mass is 10.5. The van der Waals surface area contributed by atoms with E-state index in [1.54, 1.807) is 0 Å². The van der Waals surface area contributed by atoms with Gasteiger partial charge in [-0.1, -0.05) is 0 Å². The van der Waals surface area contributed by atoms with Crippen LogP contribution in [-0.2, 0) is 4.37 Å². The van der Waals surface area contributed by atoms with Crippen LogP contribution < -0.4 is 0 Å². The average Bonchev–Trinajstić information content (AvgIpc) is 1.90. The SMILES string of the molecule is CC[O+](CC)CC.FB(F)F. The molecular formula is C6H15BF3O+. The van der Waals surface area contributed by atoms with E-state index in [2.05, 4.69) is 25.1 Å². The van der Waals surface area contributed by atoms with E-state index in [9.17, 15) is 12.9 Å². The molecule has 0 aromatic heterocycles. The van der Waals surface area contributed by atoms with Crippen LogP contribution in [0, 0.1) is 0 Å². The maximum absolute atomic E-state index is 9.67. The third-order valence-electron chi connectivity index (χ3n) is 1.22. The fraction of sp³-hybridized carbons (Fsp3) is 1.00. The van der Waals surface area contributed by atoms with Gasteiger partial charge in [-0.05, 0) is 0 Å². The lowest BCUT2D eigenvalue weighted by Crippen LogP contribution is -2.11. The van der Waals surface area contributed by atoms with Crippen LogP contribution in [-0.4, -0.2) is 27.4 Å². The molecule has 0 aromatic rings. The smallest absolute Gasteiger partial charge is 0.422 e. The zero-order valence-electron chi connectivity index (χ0n) is 7.24. The molecule has 0 amide bonds. The molecule has 0 heterocycles. The number of hydrogen-bond donors (Lipinski definition) is 0. The second kappa shape index (κ2) is 9.81. The Bertz CT molecular complexity index is 60.6. The maximum atomic E-state index is 9.67. The van der Waals surface area contributed by atoms with Crippen LogP contribution in [0.5, 0.6) is 0 Å². The topological polar surface area (TPSA) is 2.70 Å². The summed E-state index contributed by atoms with van der Waals surface area (Å²) in [5.74, 6) is 0. The molecule has 0 aliphatic carbocycles. The van der Waals surface area contributed by atoms with Crippen molar-refractivity contribution < 1.29 is 17.3 Å². The van der Waals surface area contributed by atoms with Gasteiger partial charge in [0.25, 0.3) is 0 Å². The fourth-order valence-corrected chi connectivity index (χ4v) is 0.612. The first kappa shape index (κ1) is 13.4. The monoisotopic (exact) mass is 171 g/mol. The third-order valence-corrected chi connectivity index (χ3v) is 1.22. The van der Waals surface area contributed by atoms with E-state index in [0.29, 0.717) is 0 Å². The van der Waals surface area contributed by atoms with Crippen LogP contribution in [0.2, 0.25) is 0 Å². The Labute approximate surface area is 66.5 Å². The predicted octanol–water partition coefficient (Wildman–Crippen LogP) is 2.48. The predicted molar refractivity (Wildman–Crippen MR) is 41.8 cm³/mol. The van der Waals surface area contributed by atoms with Gasteiger partial charge in [0.05, 0.1) is 0 Å². The molecular weight excluding hydrogens is 156 g/mol. The minimum atomic E-state index is -3.67. The summed E-state index contributed by atoms with van der Waals surface area (Å²) in [6, 6.07) is 0. The van der Waals surface area contributed by atoms with Gasteiger partial charge in [0.1, 0.15) is 19.8 Å². The molecule has 1 nitrogen and oxygen atoms in total. The molecule has 0 bridgehead atoms. The first-order valence-electron chi connectivity index (χ1n) is 3.64. The van der Waals surface area contributed by atoms with Crippen LogP contribution in [0.15, 0.2) is 0 Å². The standard InChI is InChI=1S/C6H15O.BF3/c1-4-7(5-2)6-3;2-1(3)4/h4-6H2,1-3H3;/q+1;. The molecule has 0 atom stereocenters. The molecule has 0 radical (unpaired) electrons. The van der Waals surface area contributed by atoms with E-state index >= 15 is 0 Å². The normalized spacial score (nSPS) is 9.00. The molecule has 0 aromatic carbocycles. The first-order valence-corrected chi connectivity index (χ1v) is 3.64. The molecule has 0 unspecified atom stereocenters. The van der Waals surface area contributed by atoms with Crippen molar-refractivity contribution in [2.45, 2.75) is 20.8 Å². The van der Waals surface area contributed by atoms with Gasteiger partial charge < -0.3 is 4.37 Å². The highest BCUT2D eigenvalue weighted by atomic mass is 19.4. The van der Waals surface area contributed by atoms with Crippen molar-refractivity contribution in [3.8, 4) is 0 Å². The molecule has 0 spiro atoms. The molecule has 0 fully saturated rings. The molecule has 0 saturated carbocycles. The van der Waals surface area contributed by atoms with Crippen LogP contribution in [0.25, 0.3) is 0 Å². The molecule has 0 aliphatic rings. The van der Waals surface area contributed by atoms with E-state index in [-0.39, 0.29) is 0 Å². The number of hydrogen-bond acceptors (Lipinski definition) is 0. The Morgan fingerprint density at radius 1 is 0.909 bits per heavy atom. The summed E-state index contributed by atoms with van der Waals surface area (Å²) < 4.78 is 32.1. The van der Waals surface area contributed by atoms with Crippen molar-refractivity contribution in [2.24, 2.45) is 0 Å². The van der Waals surface area contributed by atoms with Crippen molar-refractivity contribution in [2.75, 3.05) is 19.8 Å². The Balaban J connectivity index is 0. The zero-order chi connectivity index (χ0) is 9.28. The Kier molecular flexibility index (Phi) is 12.0. The summed E-state index contributed by atoms with van der Waals surface area (Å²) in [6.45, 7) is 9.76. The maximum Gasteiger partial charge on any atom is 0.762 e. The van der Waals surface area contributed by atoms with Crippen LogP contribution in [0.1, 0.15) is 20.8 Å². The Morgan fingerprint density at radius 2 is 1.09 bits per heavy atom.